The van der Waals surface area contributed by atoms with Gasteiger partial charge in [-0.15, -0.1) is 0 Å². The molecule has 1 aliphatic heterocycles. The van der Waals surface area contributed by atoms with Crippen LogP contribution in [0.2, 0.25) is 10.0 Å². The first-order valence-electron chi connectivity index (χ1n) is 7.09. The smallest absolute Gasteiger partial charge is 0.261 e. The van der Waals surface area contributed by atoms with E-state index in [1.165, 1.54) is 18.5 Å². The van der Waals surface area contributed by atoms with Crippen LogP contribution in [0.5, 0.6) is 0 Å². The SMILES string of the molecule is O=C(Cn1cnc2c(Cl)cc(Cl)cc2c1=O)N[C@@H]1CCS(=O)(=O)C1. The zero-order valence-corrected chi connectivity index (χ0v) is 14.7. The van der Waals surface area contributed by atoms with Crippen molar-refractivity contribution in [1.82, 2.24) is 14.9 Å². The zero-order valence-electron chi connectivity index (χ0n) is 12.3. The molecule has 0 saturated carbocycles. The molecule has 0 radical (unpaired) electrons. The number of sulfone groups is 1. The molecule has 0 unspecified atom stereocenters. The van der Waals surface area contributed by atoms with E-state index in [0.717, 1.165) is 4.57 Å². The summed E-state index contributed by atoms with van der Waals surface area (Å²) in [5.74, 6) is -0.463. The molecule has 1 atom stereocenters. The van der Waals surface area contributed by atoms with Crippen LogP contribution in [0.4, 0.5) is 0 Å². The molecular weight excluding hydrogens is 377 g/mol. The number of nitrogens with zero attached hydrogens (tertiary/aromatic N) is 2. The maximum absolute atomic E-state index is 12.4. The van der Waals surface area contributed by atoms with E-state index in [1.807, 2.05) is 0 Å². The van der Waals surface area contributed by atoms with Gasteiger partial charge < -0.3 is 5.32 Å². The number of hydrogen-bond acceptors (Lipinski definition) is 5. The zero-order chi connectivity index (χ0) is 17.5. The van der Waals surface area contributed by atoms with Crippen LogP contribution in [0.1, 0.15) is 6.42 Å². The fourth-order valence-electron chi connectivity index (χ4n) is 2.64. The fourth-order valence-corrected chi connectivity index (χ4v) is 4.86. The van der Waals surface area contributed by atoms with E-state index < -0.39 is 27.3 Å². The van der Waals surface area contributed by atoms with Crippen molar-refractivity contribution in [3.05, 3.63) is 38.9 Å². The molecule has 7 nitrogen and oxygen atoms in total. The minimum atomic E-state index is -3.09. The highest BCUT2D eigenvalue weighted by molar-refractivity contribution is 7.91. The van der Waals surface area contributed by atoms with Crippen molar-refractivity contribution in [1.29, 1.82) is 0 Å². The Bertz CT molecular complexity index is 987. The van der Waals surface area contributed by atoms with Crippen molar-refractivity contribution in [2.24, 2.45) is 0 Å². The Hall–Kier alpha value is -1.64. The summed E-state index contributed by atoms with van der Waals surface area (Å²) >= 11 is 11.9. The minimum Gasteiger partial charge on any atom is -0.351 e. The number of hydrogen-bond donors (Lipinski definition) is 1. The van der Waals surface area contributed by atoms with E-state index in [1.54, 1.807) is 0 Å². The molecule has 1 saturated heterocycles. The summed E-state index contributed by atoms with van der Waals surface area (Å²) in [6.45, 7) is -0.261. The molecule has 1 aliphatic rings. The van der Waals surface area contributed by atoms with Crippen LogP contribution < -0.4 is 10.9 Å². The highest BCUT2D eigenvalue weighted by atomic mass is 35.5. The molecule has 0 aliphatic carbocycles. The second-order valence-corrected chi connectivity index (χ2v) is 8.70. The van der Waals surface area contributed by atoms with Gasteiger partial charge in [0.15, 0.2) is 9.84 Å². The molecule has 0 bridgehead atoms. The molecule has 2 heterocycles. The monoisotopic (exact) mass is 389 g/mol. The molecular formula is C14H13Cl2N3O4S. The highest BCUT2D eigenvalue weighted by Crippen LogP contribution is 2.23. The third kappa shape index (κ3) is 3.55. The van der Waals surface area contributed by atoms with Gasteiger partial charge in [-0.3, -0.25) is 14.2 Å². The Kier molecular flexibility index (Phi) is 4.54. The van der Waals surface area contributed by atoms with E-state index in [0.29, 0.717) is 17.0 Å². The lowest BCUT2D eigenvalue weighted by Gasteiger charge is -2.12. The number of carbonyl (C=O) groups is 1. The fraction of sp³-hybridized carbons (Fsp3) is 0.357. The van der Waals surface area contributed by atoms with Crippen molar-refractivity contribution in [3.8, 4) is 0 Å². The average molecular weight is 390 g/mol. The third-order valence-corrected chi connectivity index (χ3v) is 6.03. The van der Waals surface area contributed by atoms with Gasteiger partial charge in [0.2, 0.25) is 5.91 Å². The molecule has 0 spiro atoms. The second-order valence-electron chi connectivity index (χ2n) is 5.63. The van der Waals surface area contributed by atoms with Crippen LogP contribution in [-0.2, 0) is 21.2 Å². The lowest BCUT2D eigenvalue weighted by atomic mass is 10.2. The largest absolute Gasteiger partial charge is 0.351 e. The van der Waals surface area contributed by atoms with Crippen LogP contribution in [-0.4, -0.2) is 41.4 Å². The molecule has 128 valence electrons. The van der Waals surface area contributed by atoms with Gasteiger partial charge in [-0.05, 0) is 18.6 Å². The first-order chi connectivity index (χ1) is 11.2. The molecule has 1 aromatic carbocycles. The number of rotatable bonds is 3. The predicted molar refractivity (Wildman–Crippen MR) is 91.2 cm³/mol. The Morgan fingerprint density at radius 2 is 2.12 bits per heavy atom. The van der Waals surface area contributed by atoms with Crippen LogP contribution in [0.15, 0.2) is 23.3 Å². The molecule has 1 amide bonds. The number of nitrogens with one attached hydrogen (secondary N) is 1. The molecule has 1 aromatic heterocycles. The Labute approximate surface area is 147 Å². The van der Waals surface area contributed by atoms with E-state index >= 15 is 0 Å². The molecule has 24 heavy (non-hydrogen) atoms. The Morgan fingerprint density at radius 3 is 2.79 bits per heavy atom. The summed E-state index contributed by atoms with van der Waals surface area (Å²) in [5, 5.41) is 3.39. The molecule has 1 fully saturated rings. The van der Waals surface area contributed by atoms with Crippen molar-refractivity contribution < 1.29 is 13.2 Å². The van der Waals surface area contributed by atoms with Crippen molar-refractivity contribution in [3.63, 3.8) is 0 Å². The number of amides is 1. The first kappa shape index (κ1) is 17.2. The van der Waals surface area contributed by atoms with Gasteiger partial charge in [0.1, 0.15) is 6.54 Å². The second kappa shape index (κ2) is 6.34. The lowest BCUT2D eigenvalue weighted by molar-refractivity contribution is -0.122. The van der Waals surface area contributed by atoms with Gasteiger partial charge in [0.25, 0.3) is 5.56 Å². The van der Waals surface area contributed by atoms with Crippen LogP contribution in [0.3, 0.4) is 0 Å². The minimum absolute atomic E-state index is 0.0619. The van der Waals surface area contributed by atoms with Gasteiger partial charge in [0.05, 0.1) is 33.8 Å². The number of benzene rings is 1. The van der Waals surface area contributed by atoms with Gasteiger partial charge in [-0.25, -0.2) is 13.4 Å². The van der Waals surface area contributed by atoms with Crippen LogP contribution in [0, 0.1) is 0 Å². The van der Waals surface area contributed by atoms with Gasteiger partial charge in [0, 0.05) is 11.1 Å². The van der Waals surface area contributed by atoms with Gasteiger partial charge in [-0.1, -0.05) is 23.2 Å². The summed E-state index contributed by atoms with van der Waals surface area (Å²) in [4.78, 5) is 28.6. The van der Waals surface area contributed by atoms with Gasteiger partial charge >= 0.3 is 0 Å². The summed E-state index contributed by atoms with van der Waals surface area (Å²) in [7, 11) is -3.09. The van der Waals surface area contributed by atoms with Crippen molar-refractivity contribution in [2.45, 2.75) is 19.0 Å². The number of carbonyl (C=O) groups excluding carboxylic acids is 1. The van der Waals surface area contributed by atoms with E-state index in [-0.39, 0.29) is 28.5 Å². The quantitative estimate of drug-likeness (QED) is 0.844. The maximum Gasteiger partial charge on any atom is 0.261 e. The topological polar surface area (TPSA) is 98.1 Å². The number of fused-ring (bicyclic) bond motifs is 1. The van der Waals surface area contributed by atoms with E-state index in [2.05, 4.69) is 10.3 Å². The third-order valence-electron chi connectivity index (χ3n) is 3.76. The van der Waals surface area contributed by atoms with Crippen LogP contribution >= 0.6 is 23.2 Å². The highest BCUT2D eigenvalue weighted by Gasteiger charge is 2.28. The summed E-state index contributed by atoms with van der Waals surface area (Å²) < 4.78 is 23.9. The average Bonchev–Trinajstić information content (AvgIpc) is 2.81. The van der Waals surface area contributed by atoms with Crippen molar-refractivity contribution in [2.75, 3.05) is 11.5 Å². The number of aromatic nitrogens is 2. The van der Waals surface area contributed by atoms with E-state index in [4.69, 9.17) is 23.2 Å². The normalized spacial score (nSPS) is 19.5. The molecule has 3 rings (SSSR count). The Balaban J connectivity index is 1.82. The molecule has 10 heteroatoms. The first-order valence-corrected chi connectivity index (χ1v) is 9.67. The summed E-state index contributed by atoms with van der Waals surface area (Å²) in [6, 6.07) is 2.50. The number of halogens is 2. The summed E-state index contributed by atoms with van der Waals surface area (Å²) in [6.07, 6.45) is 1.61. The standard InChI is InChI=1S/C14H13Cl2N3O4S/c15-8-3-10-13(11(16)4-8)17-7-19(14(10)21)5-12(20)18-9-1-2-24(22,23)6-9/h3-4,7,9H,1-2,5-6H2,(H,18,20)/t9-/m1/s1. The molecule has 1 N–H and O–H groups in total. The van der Waals surface area contributed by atoms with Crippen molar-refractivity contribution >= 4 is 49.8 Å². The predicted octanol–water partition coefficient (Wildman–Crippen LogP) is 1.01. The Morgan fingerprint density at radius 1 is 1.38 bits per heavy atom. The van der Waals surface area contributed by atoms with Crippen LogP contribution in [0.25, 0.3) is 10.9 Å². The van der Waals surface area contributed by atoms with E-state index in [9.17, 15) is 18.0 Å². The summed E-state index contributed by atoms with van der Waals surface area (Å²) in [5.41, 5.74) is -0.136. The molecule has 2 aromatic rings. The maximum atomic E-state index is 12.4. The van der Waals surface area contributed by atoms with Gasteiger partial charge in [-0.2, -0.15) is 0 Å². The lowest BCUT2D eigenvalue weighted by Crippen LogP contribution is -2.39.